The van der Waals surface area contributed by atoms with Crippen molar-refractivity contribution in [2.45, 2.75) is 17.7 Å². The van der Waals surface area contributed by atoms with Crippen LogP contribution in [0.4, 0.5) is 0 Å². The normalized spacial score (nSPS) is 10.6. The maximum atomic E-state index is 3.45. The van der Waals surface area contributed by atoms with Crippen molar-refractivity contribution >= 4 is 11.9 Å². The van der Waals surface area contributed by atoms with Gasteiger partial charge in [0.15, 0.2) is 0 Å². The van der Waals surface area contributed by atoms with Gasteiger partial charge in [-0.1, -0.05) is 72.8 Å². The van der Waals surface area contributed by atoms with E-state index >= 15 is 0 Å². The summed E-state index contributed by atoms with van der Waals surface area (Å²) in [6.07, 6.45) is 2.28. The van der Waals surface area contributed by atoms with E-state index in [0.717, 1.165) is 19.4 Å². The van der Waals surface area contributed by atoms with Crippen LogP contribution in [-0.4, -0.2) is 6.54 Å². The monoisotopic (exact) mass is 319 g/mol. The van der Waals surface area contributed by atoms with Crippen molar-refractivity contribution in [2.75, 3.05) is 6.54 Å². The smallest absolute Gasteiger partial charge is 0.0228 e. The predicted octanol–water partition coefficient (Wildman–Crippen LogP) is 5.58. The third-order valence-electron chi connectivity index (χ3n) is 3.74. The van der Waals surface area contributed by atoms with E-state index in [1.54, 1.807) is 11.9 Å². The Morgan fingerprint density at radius 2 is 1.26 bits per heavy atom. The lowest BCUT2D eigenvalue weighted by atomic mass is 10.1. The molecule has 0 aromatic heterocycles. The maximum Gasteiger partial charge on any atom is 0.0228 e. The van der Waals surface area contributed by atoms with Crippen LogP contribution in [0.3, 0.4) is 0 Å². The lowest BCUT2D eigenvalue weighted by Gasteiger charge is -2.06. The lowest BCUT2D eigenvalue weighted by molar-refractivity contribution is 0.798. The standard InChI is InChI=1S/C21H21NS/c1-3-8-18(9-4-1)10-7-17-22-23-21-15-13-20(14-16-21)19-11-5-2-6-12-19/h1-6,8-9,11-16,22H,7,10,17H2. The molecule has 3 aromatic carbocycles. The fraction of sp³-hybridized carbons (Fsp3) is 0.143. The summed E-state index contributed by atoms with van der Waals surface area (Å²) in [5, 5.41) is 0. The molecule has 2 heteroatoms. The molecular weight excluding hydrogens is 298 g/mol. The molecule has 1 N–H and O–H groups in total. The first kappa shape index (κ1) is 15.9. The zero-order valence-electron chi connectivity index (χ0n) is 13.1. The van der Waals surface area contributed by atoms with Crippen molar-refractivity contribution in [3.63, 3.8) is 0 Å². The zero-order chi connectivity index (χ0) is 15.7. The van der Waals surface area contributed by atoms with E-state index in [9.17, 15) is 0 Å². The van der Waals surface area contributed by atoms with E-state index in [-0.39, 0.29) is 0 Å². The first-order chi connectivity index (χ1) is 11.4. The fourth-order valence-electron chi connectivity index (χ4n) is 2.49. The van der Waals surface area contributed by atoms with Crippen molar-refractivity contribution in [3.8, 4) is 11.1 Å². The molecule has 1 nitrogen and oxygen atoms in total. The third kappa shape index (κ3) is 4.98. The van der Waals surface area contributed by atoms with Crippen molar-refractivity contribution in [2.24, 2.45) is 0 Å². The number of nitrogens with one attached hydrogen (secondary N) is 1. The molecule has 3 rings (SSSR count). The molecule has 0 spiro atoms. The first-order valence-electron chi connectivity index (χ1n) is 8.01. The van der Waals surface area contributed by atoms with Crippen LogP contribution in [-0.2, 0) is 6.42 Å². The Labute approximate surface area is 142 Å². The van der Waals surface area contributed by atoms with Gasteiger partial charge < -0.3 is 0 Å². The number of hydrogen-bond donors (Lipinski definition) is 1. The molecule has 116 valence electrons. The summed E-state index contributed by atoms with van der Waals surface area (Å²) in [4.78, 5) is 1.25. The highest BCUT2D eigenvalue weighted by Gasteiger charge is 1.98. The van der Waals surface area contributed by atoms with Gasteiger partial charge in [0.25, 0.3) is 0 Å². The lowest BCUT2D eigenvalue weighted by Crippen LogP contribution is -2.06. The summed E-state index contributed by atoms with van der Waals surface area (Å²) in [7, 11) is 0. The molecular formula is C21H21NS. The fourth-order valence-corrected chi connectivity index (χ4v) is 3.17. The summed E-state index contributed by atoms with van der Waals surface area (Å²) >= 11 is 1.71. The molecule has 3 aromatic rings. The molecule has 0 bridgehead atoms. The van der Waals surface area contributed by atoms with Crippen LogP contribution >= 0.6 is 11.9 Å². The van der Waals surface area contributed by atoms with Gasteiger partial charge in [0, 0.05) is 11.4 Å². The van der Waals surface area contributed by atoms with E-state index in [0.29, 0.717) is 0 Å². The van der Waals surface area contributed by atoms with E-state index in [1.807, 2.05) is 6.07 Å². The first-order valence-corrected chi connectivity index (χ1v) is 8.82. The summed E-state index contributed by atoms with van der Waals surface area (Å²) in [6.45, 7) is 1.01. The van der Waals surface area contributed by atoms with Crippen LogP contribution in [0.1, 0.15) is 12.0 Å². The maximum absolute atomic E-state index is 3.45. The van der Waals surface area contributed by atoms with Crippen molar-refractivity contribution in [1.82, 2.24) is 4.72 Å². The SMILES string of the molecule is c1ccc(CCCNSc2ccc(-c3ccccc3)cc2)cc1. The van der Waals surface area contributed by atoms with Gasteiger partial charge >= 0.3 is 0 Å². The molecule has 0 saturated carbocycles. The molecule has 0 aliphatic rings. The molecule has 0 aliphatic heterocycles. The second kappa shape index (κ2) is 8.56. The number of hydrogen-bond acceptors (Lipinski definition) is 2. The minimum atomic E-state index is 1.01. The van der Waals surface area contributed by atoms with E-state index in [2.05, 4.69) is 83.6 Å². The highest BCUT2D eigenvalue weighted by molar-refractivity contribution is 7.97. The number of benzene rings is 3. The molecule has 23 heavy (non-hydrogen) atoms. The van der Waals surface area contributed by atoms with Gasteiger partial charge in [-0.3, -0.25) is 4.72 Å². The molecule has 0 heterocycles. The van der Waals surface area contributed by atoms with Gasteiger partial charge in [0.2, 0.25) is 0 Å². The van der Waals surface area contributed by atoms with Crippen LogP contribution in [0, 0.1) is 0 Å². The van der Waals surface area contributed by atoms with Gasteiger partial charge in [0.05, 0.1) is 0 Å². The van der Waals surface area contributed by atoms with Crippen LogP contribution in [0.5, 0.6) is 0 Å². The summed E-state index contributed by atoms with van der Waals surface area (Å²) in [5.74, 6) is 0. The molecule has 0 unspecified atom stereocenters. The summed E-state index contributed by atoms with van der Waals surface area (Å²) < 4.78 is 3.45. The number of aryl methyl sites for hydroxylation is 1. The van der Waals surface area contributed by atoms with E-state index in [4.69, 9.17) is 0 Å². The second-order valence-electron chi connectivity index (χ2n) is 5.48. The Hall–Kier alpha value is -2.03. The number of rotatable bonds is 7. The van der Waals surface area contributed by atoms with Crippen LogP contribution in [0.15, 0.2) is 89.8 Å². The van der Waals surface area contributed by atoms with Gasteiger partial charge in [-0.2, -0.15) is 0 Å². The predicted molar refractivity (Wildman–Crippen MR) is 101 cm³/mol. The van der Waals surface area contributed by atoms with Crippen molar-refractivity contribution < 1.29 is 0 Å². The van der Waals surface area contributed by atoms with Crippen LogP contribution < -0.4 is 4.72 Å². The molecule has 0 saturated heterocycles. The van der Waals surface area contributed by atoms with Gasteiger partial charge in [-0.05, 0) is 53.6 Å². The molecule has 0 aliphatic carbocycles. The highest BCUT2D eigenvalue weighted by atomic mass is 32.2. The molecule has 0 fully saturated rings. The summed E-state index contributed by atoms with van der Waals surface area (Å²) in [5.41, 5.74) is 3.94. The highest BCUT2D eigenvalue weighted by Crippen LogP contribution is 2.22. The van der Waals surface area contributed by atoms with Gasteiger partial charge in [0.1, 0.15) is 0 Å². The minimum absolute atomic E-state index is 1.01. The quantitative estimate of drug-likeness (QED) is 0.450. The van der Waals surface area contributed by atoms with E-state index in [1.165, 1.54) is 21.6 Å². The second-order valence-corrected chi connectivity index (χ2v) is 6.44. The van der Waals surface area contributed by atoms with E-state index < -0.39 is 0 Å². The molecule has 0 amide bonds. The Kier molecular flexibility index (Phi) is 5.90. The Balaban J connectivity index is 1.42. The Morgan fingerprint density at radius 1 is 0.652 bits per heavy atom. The molecule has 0 atom stereocenters. The Morgan fingerprint density at radius 3 is 1.96 bits per heavy atom. The van der Waals surface area contributed by atoms with Crippen molar-refractivity contribution in [3.05, 3.63) is 90.5 Å². The van der Waals surface area contributed by atoms with Gasteiger partial charge in [-0.15, -0.1) is 0 Å². The average molecular weight is 319 g/mol. The third-order valence-corrected chi connectivity index (χ3v) is 4.59. The van der Waals surface area contributed by atoms with Crippen LogP contribution in [0.2, 0.25) is 0 Å². The van der Waals surface area contributed by atoms with Gasteiger partial charge in [-0.25, -0.2) is 0 Å². The zero-order valence-corrected chi connectivity index (χ0v) is 13.9. The van der Waals surface area contributed by atoms with Crippen molar-refractivity contribution in [1.29, 1.82) is 0 Å². The minimum Gasteiger partial charge on any atom is -0.260 e. The topological polar surface area (TPSA) is 12.0 Å². The Bertz CT molecular complexity index is 693. The molecule has 0 radical (unpaired) electrons. The average Bonchev–Trinajstić information content (AvgIpc) is 2.64. The largest absolute Gasteiger partial charge is 0.260 e. The van der Waals surface area contributed by atoms with Crippen LogP contribution in [0.25, 0.3) is 11.1 Å². The summed E-state index contributed by atoms with van der Waals surface area (Å²) in [6, 6.07) is 29.9.